The summed E-state index contributed by atoms with van der Waals surface area (Å²) < 4.78 is 14.0. The van der Waals surface area contributed by atoms with Crippen LogP contribution in [0.25, 0.3) is 5.83 Å². The molecule has 0 atom stereocenters. The minimum atomic E-state index is -0.0758. The van der Waals surface area contributed by atoms with Gasteiger partial charge < -0.3 is 5.32 Å². The zero-order valence-electron chi connectivity index (χ0n) is 8.80. The van der Waals surface area contributed by atoms with E-state index in [1.807, 2.05) is 0 Å². The first-order valence-electron chi connectivity index (χ1n) is 5.11. The van der Waals surface area contributed by atoms with Gasteiger partial charge in [0.05, 0.1) is 0 Å². The molecule has 1 nitrogen and oxygen atoms in total. The zero-order valence-corrected chi connectivity index (χ0v) is 10.4. The SMILES string of the molecule is Cl.FC(=C1CCNCC1)c1ccc(Cl)cc1. The molecule has 0 saturated carbocycles. The standard InChI is InChI=1S/C12H13ClFN.ClH/c13-11-3-1-9(2-4-11)12(14)10-5-7-15-8-6-10;/h1-4,15H,5-8H2;1H. The van der Waals surface area contributed by atoms with Crippen molar-refractivity contribution in [1.29, 1.82) is 0 Å². The van der Waals surface area contributed by atoms with Crippen molar-refractivity contribution in [2.24, 2.45) is 0 Å². The second-order valence-electron chi connectivity index (χ2n) is 3.67. The van der Waals surface area contributed by atoms with Crippen LogP contribution in [-0.2, 0) is 0 Å². The van der Waals surface area contributed by atoms with Gasteiger partial charge in [-0.1, -0.05) is 23.7 Å². The van der Waals surface area contributed by atoms with Crippen LogP contribution in [0.15, 0.2) is 29.8 Å². The number of hydrogen-bond acceptors (Lipinski definition) is 1. The Bertz CT molecular complexity index is 365. The molecule has 88 valence electrons. The van der Waals surface area contributed by atoms with Crippen LogP contribution in [0.4, 0.5) is 4.39 Å². The molecule has 0 aromatic heterocycles. The van der Waals surface area contributed by atoms with E-state index in [-0.39, 0.29) is 18.2 Å². The molecule has 0 unspecified atom stereocenters. The Labute approximate surface area is 106 Å². The highest BCUT2D eigenvalue weighted by molar-refractivity contribution is 6.30. The maximum absolute atomic E-state index is 14.0. The second-order valence-corrected chi connectivity index (χ2v) is 4.11. The lowest BCUT2D eigenvalue weighted by atomic mass is 10.0. The van der Waals surface area contributed by atoms with Crippen LogP contribution in [0.3, 0.4) is 0 Å². The van der Waals surface area contributed by atoms with E-state index in [1.54, 1.807) is 24.3 Å². The highest BCUT2D eigenvalue weighted by Crippen LogP contribution is 2.26. The molecule has 16 heavy (non-hydrogen) atoms. The summed E-state index contributed by atoms with van der Waals surface area (Å²) in [6.07, 6.45) is 1.60. The number of halogens is 3. The van der Waals surface area contributed by atoms with E-state index < -0.39 is 0 Å². The minimum Gasteiger partial charge on any atom is -0.316 e. The molecule has 1 saturated heterocycles. The summed E-state index contributed by atoms with van der Waals surface area (Å²) in [5, 5.41) is 3.85. The zero-order chi connectivity index (χ0) is 10.7. The summed E-state index contributed by atoms with van der Waals surface area (Å²) in [5.41, 5.74) is 1.55. The van der Waals surface area contributed by atoms with Gasteiger partial charge in [0.25, 0.3) is 0 Å². The van der Waals surface area contributed by atoms with E-state index in [4.69, 9.17) is 11.6 Å². The first-order valence-corrected chi connectivity index (χ1v) is 5.49. The number of piperidine rings is 1. The van der Waals surface area contributed by atoms with Crippen molar-refractivity contribution in [3.05, 3.63) is 40.4 Å². The van der Waals surface area contributed by atoms with Gasteiger partial charge in [-0.2, -0.15) is 0 Å². The Morgan fingerprint density at radius 2 is 1.69 bits per heavy atom. The molecule has 2 rings (SSSR count). The fourth-order valence-corrected chi connectivity index (χ4v) is 1.87. The van der Waals surface area contributed by atoms with Crippen LogP contribution in [0, 0.1) is 0 Å². The number of benzene rings is 1. The molecule has 0 radical (unpaired) electrons. The van der Waals surface area contributed by atoms with E-state index in [0.29, 0.717) is 10.6 Å². The van der Waals surface area contributed by atoms with Gasteiger partial charge in [0.1, 0.15) is 5.83 Å². The molecule has 0 aliphatic carbocycles. The van der Waals surface area contributed by atoms with E-state index in [0.717, 1.165) is 31.5 Å². The van der Waals surface area contributed by atoms with Gasteiger partial charge in [-0.25, -0.2) is 4.39 Å². The summed E-state index contributed by atoms with van der Waals surface area (Å²) in [5.74, 6) is -0.0758. The van der Waals surface area contributed by atoms with Gasteiger partial charge in [0.15, 0.2) is 0 Å². The maximum Gasteiger partial charge on any atom is 0.129 e. The summed E-state index contributed by atoms with van der Waals surface area (Å²) >= 11 is 5.75. The van der Waals surface area contributed by atoms with Crippen molar-refractivity contribution >= 4 is 29.8 Å². The van der Waals surface area contributed by atoms with Crippen molar-refractivity contribution in [3.8, 4) is 0 Å². The van der Waals surface area contributed by atoms with E-state index in [1.165, 1.54) is 0 Å². The average molecular weight is 262 g/mol. The summed E-state index contributed by atoms with van der Waals surface area (Å²) in [6, 6.07) is 6.90. The first kappa shape index (κ1) is 13.5. The Morgan fingerprint density at radius 1 is 1.12 bits per heavy atom. The molecule has 1 N–H and O–H groups in total. The molecule has 1 aromatic rings. The summed E-state index contributed by atoms with van der Waals surface area (Å²) in [7, 11) is 0. The van der Waals surface area contributed by atoms with E-state index in [2.05, 4.69) is 5.32 Å². The Balaban J connectivity index is 0.00000128. The third-order valence-corrected chi connectivity index (χ3v) is 2.87. The van der Waals surface area contributed by atoms with Crippen molar-refractivity contribution in [2.75, 3.05) is 13.1 Å². The van der Waals surface area contributed by atoms with Crippen molar-refractivity contribution in [1.82, 2.24) is 5.32 Å². The molecule has 0 amide bonds. The van der Waals surface area contributed by atoms with Gasteiger partial charge >= 0.3 is 0 Å². The molecular weight excluding hydrogens is 248 g/mol. The normalized spacial score (nSPS) is 15.5. The predicted molar refractivity (Wildman–Crippen MR) is 68.8 cm³/mol. The van der Waals surface area contributed by atoms with Crippen LogP contribution in [0.1, 0.15) is 18.4 Å². The highest BCUT2D eigenvalue weighted by Gasteiger charge is 2.12. The van der Waals surface area contributed by atoms with E-state index >= 15 is 0 Å². The lowest BCUT2D eigenvalue weighted by Gasteiger charge is -2.16. The molecule has 1 aliphatic heterocycles. The lowest BCUT2D eigenvalue weighted by molar-refractivity contribution is 0.596. The Morgan fingerprint density at radius 3 is 2.25 bits per heavy atom. The average Bonchev–Trinajstić information content (AvgIpc) is 2.30. The van der Waals surface area contributed by atoms with Crippen molar-refractivity contribution in [2.45, 2.75) is 12.8 Å². The number of nitrogens with one attached hydrogen (secondary N) is 1. The summed E-state index contributed by atoms with van der Waals surface area (Å²) in [6.45, 7) is 1.74. The smallest absolute Gasteiger partial charge is 0.129 e. The number of rotatable bonds is 1. The summed E-state index contributed by atoms with van der Waals surface area (Å²) in [4.78, 5) is 0. The molecule has 1 heterocycles. The molecule has 1 aliphatic rings. The quantitative estimate of drug-likeness (QED) is 0.811. The van der Waals surface area contributed by atoms with Crippen LogP contribution in [0.2, 0.25) is 5.02 Å². The predicted octanol–water partition coefficient (Wildman–Crippen LogP) is 3.83. The van der Waals surface area contributed by atoms with E-state index in [9.17, 15) is 4.39 Å². The van der Waals surface area contributed by atoms with Gasteiger partial charge in [-0.15, -0.1) is 12.4 Å². The van der Waals surface area contributed by atoms with Gasteiger partial charge in [0.2, 0.25) is 0 Å². The topological polar surface area (TPSA) is 12.0 Å². The van der Waals surface area contributed by atoms with Gasteiger partial charge in [0, 0.05) is 10.6 Å². The van der Waals surface area contributed by atoms with Crippen LogP contribution in [0.5, 0.6) is 0 Å². The first-order chi connectivity index (χ1) is 7.27. The van der Waals surface area contributed by atoms with Gasteiger partial charge in [-0.3, -0.25) is 0 Å². The molecular formula is C12H14Cl2FN. The Kier molecular flexibility index (Phi) is 5.26. The monoisotopic (exact) mass is 261 g/mol. The fraction of sp³-hybridized carbons (Fsp3) is 0.333. The third kappa shape index (κ3) is 3.21. The maximum atomic E-state index is 14.0. The molecule has 1 fully saturated rings. The lowest BCUT2D eigenvalue weighted by Crippen LogP contribution is -2.23. The molecule has 0 spiro atoms. The third-order valence-electron chi connectivity index (χ3n) is 2.62. The molecule has 0 bridgehead atoms. The Hall–Kier alpha value is -0.570. The second kappa shape index (κ2) is 6.24. The van der Waals surface area contributed by atoms with Gasteiger partial charge in [-0.05, 0) is 43.6 Å². The largest absolute Gasteiger partial charge is 0.316 e. The van der Waals surface area contributed by atoms with Crippen LogP contribution < -0.4 is 5.32 Å². The molecule has 1 aromatic carbocycles. The van der Waals surface area contributed by atoms with Crippen molar-refractivity contribution in [3.63, 3.8) is 0 Å². The van der Waals surface area contributed by atoms with Crippen LogP contribution >= 0.6 is 24.0 Å². The van der Waals surface area contributed by atoms with Crippen molar-refractivity contribution < 1.29 is 4.39 Å². The number of hydrogen-bond donors (Lipinski definition) is 1. The highest BCUT2D eigenvalue weighted by atomic mass is 35.5. The molecule has 4 heteroatoms. The minimum absolute atomic E-state index is 0. The van der Waals surface area contributed by atoms with Crippen LogP contribution in [-0.4, -0.2) is 13.1 Å². The fourth-order valence-electron chi connectivity index (χ4n) is 1.75.